The maximum Gasteiger partial charge on any atom is 0.410 e. The van der Waals surface area contributed by atoms with E-state index in [-0.39, 0.29) is 6.04 Å². The zero-order valence-corrected chi connectivity index (χ0v) is 12.9. The van der Waals surface area contributed by atoms with Crippen molar-refractivity contribution >= 4 is 28.7 Å². The largest absolute Gasteiger partial charge is 0.465 e. The first-order chi connectivity index (χ1) is 8.34. The highest BCUT2D eigenvalue weighted by atomic mass is 127. The first kappa shape index (κ1) is 15.2. The van der Waals surface area contributed by atoms with Crippen molar-refractivity contribution in [1.82, 2.24) is 4.90 Å². The van der Waals surface area contributed by atoms with Crippen LogP contribution in [0.15, 0.2) is 24.3 Å². The molecule has 4 nitrogen and oxygen atoms in total. The topological polar surface area (TPSA) is 60.8 Å². The summed E-state index contributed by atoms with van der Waals surface area (Å²) in [5, 5.41) is 20.1. The maximum atomic E-state index is 11.4. The van der Waals surface area contributed by atoms with E-state index in [1.165, 1.54) is 0 Å². The van der Waals surface area contributed by atoms with Gasteiger partial charge in [-0.2, -0.15) is 0 Å². The van der Waals surface area contributed by atoms with Crippen LogP contribution in [0.2, 0.25) is 0 Å². The molecule has 1 rings (SSSR count). The lowest BCUT2D eigenvalue weighted by molar-refractivity contribution is -0.115. The molecule has 5 heteroatoms. The van der Waals surface area contributed by atoms with E-state index in [0.717, 1.165) is 8.47 Å². The molecule has 0 radical (unpaired) electrons. The van der Waals surface area contributed by atoms with Crippen molar-refractivity contribution in [3.63, 3.8) is 0 Å². The van der Waals surface area contributed by atoms with Gasteiger partial charge >= 0.3 is 6.09 Å². The number of hydrogen-bond acceptors (Lipinski definition) is 2. The third-order valence-corrected chi connectivity index (χ3v) is 3.86. The molecule has 0 aliphatic carbocycles. The molecule has 18 heavy (non-hydrogen) atoms. The van der Waals surface area contributed by atoms with Gasteiger partial charge in [0, 0.05) is 15.2 Å². The van der Waals surface area contributed by atoms with Crippen molar-refractivity contribution < 1.29 is 15.0 Å². The molecule has 0 saturated carbocycles. The smallest absolute Gasteiger partial charge is 0.410 e. The monoisotopic (exact) mass is 363 g/mol. The van der Waals surface area contributed by atoms with Gasteiger partial charge in [-0.3, -0.25) is 4.90 Å². The molecule has 2 N–H and O–H groups in total. The van der Waals surface area contributed by atoms with Gasteiger partial charge in [-0.25, -0.2) is 4.79 Å². The summed E-state index contributed by atoms with van der Waals surface area (Å²) in [7, 11) is 0. The molecule has 0 unspecified atom stereocenters. The third kappa shape index (κ3) is 2.77. The van der Waals surface area contributed by atoms with Gasteiger partial charge in [0.1, 0.15) is 0 Å². The predicted molar refractivity (Wildman–Crippen MR) is 78.3 cm³/mol. The quantitative estimate of drug-likeness (QED) is 0.638. The van der Waals surface area contributed by atoms with Gasteiger partial charge in [0.15, 0.2) is 5.72 Å². The minimum absolute atomic E-state index is 0.302. The van der Waals surface area contributed by atoms with Gasteiger partial charge in [-0.1, -0.05) is 25.1 Å². The Hall–Kier alpha value is -0.820. The molecule has 0 spiro atoms. The molecule has 1 aromatic rings. The Kier molecular flexibility index (Phi) is 4.98. The average Bonchev–Trinajstić information content (AvgIpc) is 2.28. The van der Waals surface area contributed by atoms with Crippen LogP contribution in [-0.4, -0.2) is 27.2 Å². The summed E-state index contributed by atoms with van der Waals surface area (Å²) in [4.78, 5) is 12.5. The maximum absolute atomic E-state index is 11.4. The summed E-state index contributed by atoms with van der Waals surface area (Å²) in [6, 6.07) is 6.99. The summed E-state index contributed by atoms with van der Waals surface area (Å²) in [5.41, 5.74) is -0.859. The molecule has 0 aliphatic heterocycles. The molecule has 0 bridgehead atoms. The number of hydrogen-bond donors (Lipinski definition) is 2. The van der Waals surface area contributed by atoms with E-state index in [0.29, 0.717) is 12.0 Å². The van der Waals surface area contributed by atoms with E-state index in [1.807, 2.05) is 12.1 Å². The molecule has 1 amide bonds. The summed E-state index contributed by atoms with van der Waals surface area (Å²) < 4.78 is 0.853. The Morgan fingerprint density at radius 2 is 2.00 bits per heavy atom. The van der Waals surface area contributed by atoms with Gasteiger partial charge in [0.05, 0.1) is 0 Å². The zero-order valence-electron chi connectivity index (χ0n) is 10.7. The first-order valence-corrected chi connectivity index (χ1v) is 6.92. The van der Waals surface area contributed by atoms with Crippen LogP contribution in [0.3, 0.4) is 0 Å². The number of benzene rings is 1. The summed E-state index contributed by atoms with van der Waals surface area (Å²) in [6.45, 7) is 5.29. The molecule has 100 valence electrons. The normalized spacial score (nSPS) is 14.3. The molecule has 0 fully saturated rings. The van der Waals surface area contributed by atoms with Crippen molar-refractivity contribution in [2.75, 3.05) is 0 Å². The number of rotatable bonds is 4. The van der Waals surface area contributed by atoms with Gasteiger partial charge in [0.2, 0.25) is 0 Å². The lowest BCUT2D eigenvalue weighted by Crippen LogP contribution is -2.52. The molecule has 0 aliphatic rings. The highest BCUT2D eigenvalue weighted by molar-refractivity contribution is 14.1. The number of amides is 1. The second kappa shape index (κ2) is 5.88. The van der Waals surface area contributed by atoms with E-state index in [1.54, 1.807) is 32.9 Å². The van der Waals surface area contributed by atoms with Crippen LogP contribution in [0.25, 0.3) is 0 Å². The summed E-state index contributed by atoms with van der Waals surface area (Å²) in [6.07, 6.45) is -0.814. The Labute approximate surface area is 121 Å². The highest BCUT2D eigenvalue weighted by Gasteiger charge is 2.40. The fourth-order valence-electron chi connectivity index (χ4n) is 2.08. The van der Waals surface area contributed by atoms with Gasteiger partial charge < -0.3 is 10.2 Å². The minimum atomic E-state index is -1.49. The highest BCUT2D eigenvalue weighted by Crippen LogP contribution is 2.34. The van der Waals surface area contributed by atoms with Crippen molar-refractivity contribution in [1.29, 1.82) is 0 Å². The van der Waals surface area contributed by atoms with Crippen molar-refractivity contribution in [2.45, 2.75) is 39.0 Å². The average molecular weight is 363 g/mol. The number of nitrogens with zero attached hydrogens (tertiary/aromatic N) is 1. The van der Waals surface area contributed by atoms with Gasteiger partial charge in [-0.05, 0) is 48.9 Å². The van der Waals surface area contributed by atoms with Crippen LogP contribution in [0, 0.1) is 3.57 Å². The zero-order chi connectivity index (χ0) is 13.9. The van der Waals surface area contributed by atoms with Crippen LogP contribution < -0.4 is 0 Å². The second-order valence-electron chi connectivity index (χ2n) is 4.40. The van der Waals surface area contributed by atoms with E-state index in [9.17, 15) is 15.0 Å². The predicted octanol–water partition coefficient (Wildman–Crippen LogP) is 3.23. The second-order valence-corrected chi connectivity index (χ2v) is 5.56. The lowest BCUT2D eigenvalue weighted by Gasteiger charge is -2.40. The number of aliphatic hydroxyl groups is 1. The van der Waals surface area contributed by atoms with E-state index >= 15 is 0 Å². The number of halogens is 1. The summed E-state index contributed by atoms with van der Waals surface area (Å²) >= 11 is 2.11. The molecular weight excluding hydrogens is 345 g/mol. The number of carboxylic acid groups (broad SMARTS) is 1. The van der Waals surface area contributed by atoms with Crippen LogP contribution in [-0.2, 0) is 5.72 Å². The molecule has 1 atom stereocenters. The van der Waals surface area contributed by atoms with Crippen LogP contribution in [0.5, 0.6) is 0 Å². The third-order valence-electron chi connectivity index (χ3n) is 2.92. The Morgan fingerprint density at radius 1 is 1.44 bits per heavy atom. The fourth-order valence-corrected chi connectivity index (χ4v) is 2.90. The van der Waals surface area contributed by atoms with E-state index in [2.05, 4.69) is 22.6 Å². The molecule has 0 aromatic heterocycles. The van der Waals surface area contributed by atoms with Crippen molar-refractivity contribution in [3.05, 3.63) is 33.4 Å². The van der Waals surface area contributed by atoms with Crippen LogP contribution in [0.4, 0.5) is 4.79 Å². The molecule has 0 saturated heterocycles. The lowest BCUT2D eigenvalue weighted by atomic mass is 9.97. The van der Waals surface area contributed by atoms with Gasteiger partial charge in [0.25, 0.3) is 0 Å². The van der Waals surface area contributed by atoms with Crippen LogP contribution in [0.1, 0.15) is 32.8 Å². The summed E-state index contributed by atoms with van der Waals surface area (Å²) in [5.74, 6) is 0. The van der Waals surface area contributed by atoms with E-state index in [4.69, 9.17) is 0 Å². The van der Waals surface area contributed by atoms with Crippen molar-refractivity contribution in [3.8, 4) is 0 Å². The standard InChI is InChI=1S/C13H18INO3/c1-4-13(18,15(9(2)3)12(16)17)10-7-5-6-8-11(10)14/h5-9,18H,4H2,1-3H3,(H,16,17)/t13-/m0/s1. The fraction of sp³-hybridized carbons (Fsp3) is 0.462. The minimum Gasteiger partial charge on any atom is -0.465 e. The Bertz CT molecular complexity index is 436. The molecule has 1 aromatic carbocycles. The Morgan fingerprint density at radius 3 is 2.39 bits per heavy atom. The first-order valence-electron chi connectivity index (χ1n) is 5.84. The SMILES string of the molecule is CC[C@](O)(c1ccccc1I)N(C(=O)O)C(C)C. The molecular formula is C13H18INO3. The van der Waals surface area contributed by atoms with Crippen molar-refractivity contribution in [2.24, 2.45) is 0 Å². The Balaban J connectivity index is 3.36. The van der Waals surface area contributed by atoms with Gasteiger partial charge in [-0.15, -0.1) is 0 Å². The number of carbonyl (C=O) groups is 1. The molecule has 0 heterocycles. The van der Waals surface area contributed by atoms with Crippen LogP contribution >= 0.6 is 22.6 Å². The van der Waals surface area contributed by atoms with E-state index < -0.39 is 11.8 Å².